The van der Waals surface area contributed by atoms with E-state index in [1.54, 1.807) is 60.7 Å². The molecule has 0 saturated heterocycles. The van der Waals surface area contributed by atoms with Crippen LogP contribution in [0.1, 0.15) is 27.2 Å². The second-order valence-electron chi connectivity index (χ2n) is 9.60. The predicted molar refractivity (Wildman–Crippen MR) is 152 cm³/mol. The maximum absolute atomic E-state index is 13.6. The van der Waals surface area contributed by atoms with Crippen molar-refractivity contribution < 1.29 is 28.5 Å². The number of nitrogens with zero attached hydrogens (tertiary/aromatic N) is 2. The van der Waals surface area contributed by atoms with E-state index in [1.165, 1.54) is 29.4 Å². The third-order valence-electron chi connectivity index (χ3n) is 6.55. The highest BCUT2D eigenvalue weighted by Gasteiger charge is 2.28. The number of hydrogen-bond acceptors (Lipinski definition) is 7. The van der Waals surface area contributed by atoms with Gasteiger partial charge in [-0.05, 0) is 53.6 Å². The Morgan fingerprint density at radius 3 is 2.62 bits per heavy atom. The van der Waals surface area contributed by atoms with Crippen molar-refractivity contribution in [1.82, 2.24) is 15.5 Å². The highest BCUT2D eigenvalue weighted by atomic mass is 35.5. The summed E-state index contributed by atoms with van der Waals surface area (Å²) >= 11 is 5.95. The van der Waals surface area contributed by atoms with Crippen LogP contribution >= 0.6 is 11.6 Å². The second-order valence-corrected chi connectivity index (χ2v) is 10.0. The average molecular weight is 589 g/mol. The van der Waals surface area contributed by atoms with E-state index in [2.05, 4.69) is 10.6 Å². The Bertz CT molecular complexity index is 1620. The Morgan fingerprint density at radius 2 is 1.88 bits per heavy atom. The first-order valence-electron chi connectivity index (χ1n) is 12.9. The number of fused-ring (bicyclic) bond motifs is 4. The normalized spacial score (nSPS) is 15.3. The molecule has 0 aliphatic carbocycles. The summed E-state index contributed by atoms with van der Waals surface area (Å²) in [4.78, 5) is 52.6. The van der Waals surface area contributed by atoms with Gasteiger partial charge in [0.15, 0.2) is 0 Å². The lowest BCUT2D eigenvalue weighted by atomic mass is 10.0. The van der Waals surface area contributed by atoms with Crippen LogP contribution in [0.2, 0.25) is 5.02 Å². The monoisotopic (exact) mass is 588 g/mol. The standard InChI is InChI=1S/C30H25ClN4O7/c31-22-9-6-19(7-10-22)16-32-29(37)25-14-20-3-1-4-23(13-20)42-27-15-21(8-11-26(27)35(39)40)30(38)34(18-28(36)33-25)17-24-5-2-12-41-24/h1-13,15,25H,14,16-18H2,(H,32,37)(H,33,36). The van der Waals surface area contributed by atoms with E-state index in [9.17, 15) is 24.5 Å². The molecular formula is C30H25ClN4O7. The van der Waals surface area contributed by atoms with Gasteiger partial charge in [-0.2, -0.15) is 0 Å². The fraction of sp³-hybridized carbons (Fsp3) is 0.167. The molecule has 1 aliphatic heterocycles. The Labute approximate surface area is 245 Å². The molecule has 0 saturated carbocycles. The van der Waals surface area contributed by atoms with Gasteiger partial charge >= 0.3 is 5.69 Å². The van der Waals surface area contributed by atoms with Crippen LogP contribution in [-0.4, -0.2) is 40.1 Å². The van der Waals surface area contributed by atoms with Gasteiger partial charge in [0, 0.05) is 35.7 Å². The number of nitro groups is 1. The molecule has 0 radical (unpaired) electrons. The molecule has 1 atom stereocenters. The van der Waals surface area contributed by atoms with Gasteiger partial charge in [-0.1, -0.05) is 35.9 Å². The minimum Gasteiger partial charge on any atom is -0.467 e. The van der Waals surface area contributed by atoms with Gasteiger partial charge in [0.1, 0.15) is 24.1 Å². The number of nitrogens with one attached hydrogen (secondary N) is 2. The lowest BCUT2D eigenvalue weighted by Gasteiger charge is -2.24. The smallest absolute Gasteiger partial charge is 0.311 e. The fourth-order valence-corrected chi connectivity index (χ4v) is 4.61. The average Bonchev–Trinajstić information content (AvgIpc) is 3.48. The van der Waals surface area contributed by atoms with Crippen LogP contribution in [-0.2, 0) is 29.1 Å². The van der Waals surface area contributed by atoms with E-state index >= 15 is 0 Å². The SMILES string of the molecule is O=C1CN(Cc2ccco2)C(=O)c2ccc([N+](=O)[O-])c(c2)Oc2cccc(c2)CC(C(=O)NCc2ccc(Cl)cc2)N1. The minimum atomic E-state index is -1.00. The van der Waals surface area contributed by atoms with Crippen LogP contribution in [0, 0.1) is 10.1 Å². The van der Waals surface area contributed by atoms with Crippen molar-refractivity contribution in [1.29, 1.82) is 0 Å². The van der Waals surface area contributed by atoms with Gasteiger partial charge in [-0.15, -0.1) is 0 Å². The molecule has 214 valence electrons. The number of rotatable bonds is 6. The van der Waals surface area contributed by atoms with Crippen LogP contribution in [0.3, 0.4) is 0 Å². The molecule has 3 amide bonds. The zero-order chi connectivity index (χ0) is 29.6. The number of carbonyl (C=O) groups excluding carboxylic acids is 3. The quantitative estimate of drug-likeness (QED) is 0.247. The number of ether oxygens (including phenoxy) is 1. The zero-order valence-corrected chi connectivity index (χ0v) is 22.9. The number of hydrogen-bond donors (Lipinski definition) is 2. The van der Waals surface area contributed by atoms with E-state index in [1.807, 2.05) is 0 Å². The van der Waals surface area contributed by atoms with Gasteiger partial charge in [0.2, 0.25) is 17.6 Å². The number of benzene rings is 3. The topological polar surface area (TPSA) is 144 Å². The molecule has 11 nitrogen and oxygen atoms in total. The number of amides is 3. The van der Waals surface area contributed by atoms with Crippen LogP contribution in [0.15, 0.2) is 89.5 Å². The zero-order valence-electron chi connectivity index (χ0n) is 22.1. The van der Waals surface area contributed by atoms with Crippen molar-refractivity contribution >= 4 is 35.0 Å². The van der Waals surface area contributed by atoms with Crippen LogP contribution < -0.4 is 15.4 Å². The lowest BCUT2D eigenvalue weighted by Crippen LogP contribution is -2.51. The number of carbonyl (C=O) groups is 3. The van der Waals surface area contributed by atoms with Gasteiger partial charge in [-0.25, -0.2) is 0 Å². The third kappa shape index (κ3) is 6.94. The van der Waals surface area contributed by atoms with E-state index in [-0.39, 0.29) is 42.3 Å². The van der Waals surface area contributed by atoms with Crippen LogP contribution in [0.4, 0.5) is 5.69 Å². The maximum Gasteiger partial charge on any atom is 0.311 e. The van der Waals surface area contributed by atoms with Crippen molar-refractivity contribution in [2.75, 3.05) is 6.54 Å². The minimum absolute atomic E-state index is 0.0566. The summed E-state index contributed by atoms with van der Waals surface area (Å²) in [5.74, 6) is -1.07. The Morgan fingerprint density at radius 1 is 1.07 bits per heavy atom. The van der Waals surface area contributed by atoms with E-state index in [0.29, 0.717) is 16.3 Å². The molecule has 1 aromatic heterocycles. The first-order valence-corrected chi connectivity index (χ1v) is 13.3. The molecule has 42 heavy (non-hydrogen) atoms. The van der Waals surface area contributed by atoms with E-state index < -0.39 is 35.2 Å². The summed E-state index contributed by atoms with van der Waals surface area (Å²) < 4.78 is 11.3. The molecule has 2 heterocycles. The lowest BCUT2D eigenvalue weighted by molar-refractivity contribution is -0.385. The Kier molecular flexibility index (Phi) is 8.49. The van der Waals surface area contributed by atoms with Gasteiger partial charge < -0.3 is 24.7 Å². The molecule has 2 N–H and O–H groups in total. The van der Waals surface area contributed by atoms with Crippen molar-refractivity contribution in [3.8, 4) is 11.5 Å². The van der Waals surface area contributed by atoms with Gasteiger partial charge in [-0.3, -0.25) is 24.5 Å². The van der Waals surface area contributed by atoms with Crippen molar-refractivity contribution in [3.63, 3.8) is 0 Å². The molecule has 5 rings (SSSR count). The van der Waals surface area contributed by atoms with Crippen LogP contribution in [0.5, 0.6) is 11.5 Å². The molecule has 1 unspecified atom stereocenters. The van der Waals surface area contributed by atoms with E-state index in [0.717, 1.165) is 5.56 Å². The predicted octanol–water partition coefficient (Wildman–Crippen LogP) is 4.63. The highest BCUT2D eigenvalue weighted by molar-refractivity contribution is 6.30. The van der Waals surface area contributed by atoms with E-state index in [4.69, 9.17) is 20.8 Å². The summed E-state index contributed by atoms with van der Waals surface area (Å²) in [6.45, 7) is -0.264. The molecule has 0 spiro atoms. The largest absolute Gasteiger partial charge is 0.467 e. The number of nitro benzene ring substituents is 1. The first-order chi connectivity index (χ1) is 20.2. The van der Waals surface area contributed by atoms with Crippen molar-refractivity contribution in [3.05, 3.63) is 123 Å². The number of furan rings is 1. The molecule has 4 aromatic rings. The third-order valence-corrected chi connectivity index (χ3v) is 6.80. The molecular weight excluding hydrogens is 564 g/mol. The van der Waals surface area contributed by atoms with Crippen molar-refractivity contribution in [2.45, 2.75) is 25.6 Å². The maximum atomic E-state index is 13.6. The molecule has 3 aromatic carbocycles. The molecule has 4 bridgehead atoms. The summed E-state index contributed by atoms with van der Waals surface area (Å²) in [6.07, 6.45) is 1.53. The fourth-order valence-electron chi connectivity index (χ4n) is 4.49. The van der Waals surface area contributed by atoms with Gasteiger partial charge in [0.05, 0.1) is 17.7 Å². The number of halogens is 1. The summed E-state index contributed by atoms with van der Waals surface area (Å²) in [5.41, 5.74) is 1.19. The van der Waals surface area contributed by atoms with Gasteiger partial charge in [0.25, 0.3) is 5.91 Å². The molecule has 0 fully saturated rings. The van der Waals surface area contributed by atoms with Crippen molar-refractivity contribution in [2.24, 2.45) is 0 Å². The molecule has 12 heteroatoms. The summed E-state index contributed by atoms with van der Waals surface area (Å²) in [6, 6.07) is 19.7. The summed E-state index contributed by atoms with van der Waals surface area (Å²) in [7, 11) is 0. The first kappa shape index (κ1) is 28.4. The second kappa shape index (κ2) is 12.6. The highest BCUT2D eigenvalue weighted by Crippen LogP contribution is 2.33. The Balaban J connectivity index is 1.49. The molecule has 1 aliphatic rings. The summed E-state index contributed by atoms with van der Waals surface area (Å²) in [5, 5.41) is 17.9. The van der Waals surface area contributed by atoms with Crippen LogP contribution in [0.25, 0.3) is 0 Å². The Hall–Kier alpha value is -5.16.